The second-order valence-corrected chi connectivity index (χ2v) is 8.37. The number of aromatic nitrogens is 3. The van der Waals surface area contributed by atoms with E-state index in [1.807, 2.05) is 52.4 Å². The number of aryl methyl sites for hydroxylation is 1. The molecule has 3 rings (SSSR count). The first-order chi connectivity index (χ1) is 12.1. The monoisotopic (exact) mass is 374 g/mol. The SMILES string of the molecule is C=CCn1c(C)nnc1SCC(=O)N1CCC(C)Sc2ccccc21. The highest BCUT2D eigenvalue weighted by Gasteiger charge is 2.24. The van der Waals surface area contributed by atoms with Crippen molar-refractivity contribution < 1.29 is 4.79 Å². The summed E-state index contributed by atoms with van der Waals surface area (Å²) in [5.74, 6) is 1.29. The molecule has 0 bridgehead atoms. The standard InChI is InChI=1S/C18H22N4OS2/c1-4-10-21-14(3)19-20-18(21)24-12-17(23)22-11-9-13(2)25-16-8-6-5-7-15(16)22/h4-8,13H,1,9-12H2,2-3H3. The van der Waals surface area contributed by atoms with Gasteiger partial charge in [0.2, 0.25) is 5.91 Å². The van der Waals surface area contributed by atoms with Crippen LogP contribution < -0.4 is 4.90 Å². The highest BCUT2D eigenvalue weighted by atomic mass is 32.2. The Morgan fingerprint density at radius 3 is 3.04 bits per heavy atom. The fraction of sp³-hybridized carbons (Fsp3) is 0.389. The van der Waals surface area contributed by atoms with Gasteiger partial charge in [-0.15, -0.1) is 28.5 Å². The molecule has 1 aliphatic heterocycles. The van der Waals surface area contributed by atoms with Crippen molar-refractivity contribution in [1.29, 1.82) is 0 Å². The Kier molecular flexibility index (Phi) is 5.86. The van der Waals surface area contributed by atoms with Gasteiger partial charge < -0.3 is 9.47 Å². The molecule has 25 heavy (non-hydrogen) atoms. The number of fused-ring (bicyclic) bond motifs is 1. The molecule has 1 unspecified atom stereocenters. The van der Waals surface area contributed by atoms with Crippen LogP contribution in [-0.4, -0.2) is 38.2 Å². The average Bonchev–Trinajstić information content (AvgIpc) is 2.85. The summed E-state index contributed by atoms with van der Waals surface area (Å²) in [6, 6.07) is 8.15. The molecule has 1 amide bonds. The van der Waals surface area contributed by atoms with Gasteiger partial charge in [-0.3, -0.25) is 4.79 Å². The summed E-state index contributed by atoms with van der Waals surface area (Å²) in [6.45, 7) is 9.29. The Morgan fingerprint density at radius 2 is 2.24 bits per heavy atom. The largest absolute Gasteiger partial charge is 0.311 e. The lowest BCUT2D eigenvalue weighted by Crippen LogP contribution is -2.33. The number of hydrogen-bond donors (Lipinski definition) is 0. The van der Waals surface area contributed by atoms with E-state index >= 15 is 0 Å². The lowest BCUT2D eigenvalue weighted by atomic mass is 10.2. The van der Waals surface area contributed by atoms with Crippen LogP contribution in [-0.2, 0) is 11.3 Å². The molecule has 1 atom stereocenters. The van der Waals surface area contributed by atoms with Crippen LogP contribution >= 0.6 is 23.5 Å². The topological polar surface area (TPSA) is 51.0 Å². The molecule has 2 aromatic rings. The fourth-order valence-corrected chi connectivity index (χ4v) is 4.74. The Hall–Kier alpha value is -1.73. The molecule has 0 saturated carbocycles. The smallest absolute Gasteiger partial charge is 0.237 e. The Balaban J connectivity index is 1.74. The van der Waals surface area contributed by atoms with Gasteiger partial charge in [0.1, 0.15) is 5.82 Å². The zero-order chi connectivity index (χ0) is 17.8. The molecular formula is C18H22N4OS2. The van der Waals surface area contributed by atoms with Crippen molar-refractivity contribution in [3.63, 3.8) is 0 Å². The van der Waals surface area contributed by atoms with E-state index in [1.54, 1.807) is 0 Å². The molecule has 1 aromatic carbocycles. The minimum Gasteiger partial charge on any atom is -0.311 e. The number of amides is 1. The van der Waals surface area contributed by atoms with Crippen LogP contribution in [0.2, 0.25) is 0 Å². The summed E-state index contributed by atoms with van der Waals surface area (Å²) in [7, 11) is 0. The number of benzene rings is 1. The van der Waals surface area contributed by atoms with E-state index in [-0.39, 0.29) is 5.91 Å². The summed E-state index contributed by atoms with van der Waals surface area (Å²) in [5, 5.41) is 9.55. The molecule has 1 aliphatic rings. The number of hydrogen-bond acceptors (Lipinski definition) is 5. The minimum atomic E-state index is 0.109. The van der Waals surface area contributed by atoms with Crippen LogP contribution in [0, 0.1) is 6.92 Å². The second-order valence-electron chi connectivity index (χ2n) is 5.95. The highest BCUT2D eigenvalue weighted by Crippen LogP contribution is 2.37. The van der Waals surface area contributed by atoms with E-state index in [0.717, 1.165) is 29.6 Å². The molecule has 0 spiro atoms. The van der Waals surface area contributed by atoms with Crippen LogP contribution in [0.25, 0.3) is 0 Å². The first-order valence-corrected chi connectivity index (χ1v) is 10.2. The first kappa shape index (κ1) is 18.1. The summed E-state index contributed by atoms with van der Waals surface area (Å²) in [6.07, 6.45) is 2.80. The third-order valence-electron chi connectivity index (χ3n) is 4.08. The molecule has 7 heteroatoms. The van der Waals surface area contributed by atoms with Gasteiger partial charge in [0.05, 0.1) is 11.4 Å². The van der Waals surface area contributed by atoms with Crippen molar-refractivity contribution in [1.82, 2.24) is 14.8 Å². The van der Waals surface area contributed by atoms with Crippen molar-refractivity contribution >= 4 is 35.1 Å². The number of rotatable bonds is 5. The average molecular weight is 375 g/mol. The lowest BCUT2D eigenvalue weighted by Gasteiger charge is -2.22. The van der Waals surface area contributed by atoms with Gasteiger partial charge in [0, 0.05) is 23.2 Å². The number of carbonyl (C=O) groups is 1. The maximum atomic E-state index is 12.9. The van der Waals surface area contributed by atoms with Gasteiger partial charge >= 0.3 is 0 Å². The van der Waals surface area contributed by atoms with Gasteiger partial charge in [-0.2, -0.15) is 0 Å². The van der Waals surface area contributed by atoms with Gasteiger partial charge in [0.25, 0.3) is 0 Å². The maximum absolute atomic E-state index is 12.9. The van der Waals surface area contributed by atoms with Crippen molar-refractivity contribution in [3.05, 3.63) is 42.7 Å². The van der Waals surface area contributed by atoms with Crippen LogP contribution in [0.15, 0.2) is 47.0 Å². The maximum Gasteiger partial charge on any atom is 0.237 e. The summed E-state index contributed by atoms with van der Waals surface area (Å²) < 4.78 is 1.97. The van der Waals surface area contributed by atoms with E-state index in [0.29, 0.717) is 17.5 Å². The van der Waals surface area contributed by atoms with E-state index in [1.165, 1.54) is 16.7 Å². The third-order valence-corrected chi connectivity index (χ3v) is 6.27. The Labute approximate surface area is 156 Å². The van der Waals surface area contributed by atoms with E-state index in [9.17, 15) is 4.79 Å². The Bertz CT molecular complexity index is 774. The van der Waals surface area contributed by atoms with Crippen molar-refractivity contribution in [2.24, 2.45) is 0 Å². The molecule has 0 radical (unpaired) electrons. The number of allylic oxidation sites excluding steroid dienone is 1. The first-order valence-electron chi connectivity index (χ1n) is 8.29. The van der Waals surface area contributed by atoms with Crippen molar-refractivity contribution in [3.8, 4) is 0 Å². The molecule has 0 aliphatic carbocycles. The van der Waals surface area contributed by atoms with Gasteiger partial charge in [-0.05, 0) is 25.5 Å². The zero-order valence-electron chi connectivity index (χ0n) is 14.5. The molecule has 0 saturated heterocycles. The summed E-state index contributed by atoms with van der Waals surface area (Å²) in [5.41, 5.74) is 1.02. The molecule has 5 nitrogen and oxygen atoms in total. The molecular weight excluding hydrogens is 352 g/mol. The van der Waals surface area contributed by atoms with Gasteiger partial charge in [-0.1, -0.05) is 36.9 Å². The zero-order valence-corrected chi connectivity index (χ0v) is 16.1. The number of thioether (sulfide) groups is 2. The quantitative estimate of drug-likeness (QED) is 0.589. The lowest BCUT2D eigenvalue weighted by molar-refractivity contribution is -0.116. The number of para-hydroxylation sites is 1. The van der Waals surface area contributed by atoms with Crippen LogP contribution in [0.1, 0.15) is 19.2 Å². The van der Waals surface area contributed by atoms with Crippen molar-refractivity contribution in [2.75, 3.05) is 17.2 Å². The van der Waals surface area contributed by atoms with Crippen LogP contribution in [0.3, 0.4) is 0 Å². The second kappa shape index (κ2) is 8.10. The minimum absolute atomic E-state index is 0.109. The molecule has 1 aromatic heterocycles. The van der Waals surface area contributed by atoms with Gasteiger partial charge in [0.15, 0.2) is 5.16 Å². The van der Waals surface area contributed by atoms with E-state index < -0.39 is 0 Å². The van der Waals surface area contributed by atoms with Crippen molar-refractivity contribution in [2.45, 2.75) is 42.1 Å². The number of carbonyl (C=O) groups excluding carboxylic acids is 1. The molecule has 0 fully saturated rings. The number of nitrogens with zero attached hydrogens (tertiary/aromatic N) is 4. The number of anilines is 1. The highest BCUT2D eigenvalue weighted by molar-refractivity contribution is 8.00. The van der Waals surface area contributed by atoms with E-state index in [2.05, 4.69) is 29.8 Å². The predicted molar refractivity (Wildman–Crippen MR) is 104 cm³/mol. The third kappa shape index (κ3) is 4.10. The normalized spacial score (nSPS) is 17.0. The molecule has 132 valence electrons. The molecule has 2 heterocycles. The van der Waals surface area contributed by atoms with Crippen LogP contribution in [0.5, 0.6) is 0 Å². The van der Waals surface area contributed by atoms with E-state index in [4.69, 9.17) is 0 Å². The van der Waals surface area contributed by atoms with Gasteiger partial charge in [-0.25, -0.2) is 0 Å². The van der Waals surface area contributed by atoms with Crippen LogP contribution in [0.4, 0.5) is 5.69 Å². The Morgan fingerprint density at radius 1 is 1.44 bits per heavy atom. The molecule has 0 N–H and O–H groups in total. The summed E-state index contributed by atoms with van der Waals surface area (Å²) >= 11 is 3.28. The predicted octanol–water partition coefficient (Wildman–Crippen LogP) is 3.78. The fourth-order valence-electron chi connectivity index (χ4n) is 2.76. The summed E-state index contributed by atoms with van der Waals surface area (Å²) in [4.78, 5) is 16.0.